The monoisotopic (exact) mass is 726 g/mol. The molecule has 5 rings (SSSR count). The number of ether oxygens (including phenoxy) is 2. The van der Waals surface area contributed by atoms with Gasteiger partial charge in [-0.25, -0.2) is 0 Å². The summed E-state index contributed by atoms with van der Waals surface area (Å²) in [6.45, 7) is 7.74. The molecule has 0 amide bonds. The van der Waals surface area contributed by atoms with Gasteiger partial charge in [-0.3, -0.25) is 0 Å². The van der Waals surface area contributed by atoms with Gasteiger partial charge in [0.05, 0.1) is 14.2 Å². The Kier molecular flexibility index (Phi) is 18.1. The van der Waals surface area contributed by atoms with Crippen LogP contribution >= 0.6 is 0 Å². The first-order valence-electron chi connectivity index (χ1n) is 20.1. The molecule has 0 saturated heterocycles. The molecule has 4 N–H and O–H groups in total. The molecule has 6 heteroatoms. The number of hydrogen-bond donors (Lipinski definition) is 4. The topological polar surface area (TPSA) is 66.6 Å². The third-order valence-electron chi connectivity index (χ3n) is 10.0. The molecule has 0 heterocycles. The minimum absolute atomic E-state index is 0.858. The van der Waals surface area contributed by atoms with Crippen molar-refractivity contribution >= 4 is 0 Å². The minimum atomic E-state index is 0.858. The standard InChI is InChI=1S/C48H62N4O2/c1-53-47-17-9-7-15-45(47)37-51-33-13-5-3-11-31-49-35-39-19-23-41(24-20-39)43-27-29-44(30-28-43)42-25-21-40(22-26-42)36-50-32-12-4-6-14-34-52-38-46-16-8-10-18-48(46)54-2/h7-10,15-30,49-52H,3-6,11-14,31-38H2,1-2H3. The van der Waals surface area contributed by atoms with Crippen LogP contribution in [0.25, 0.3) is 22.3 Å². The Morgan fingerprint density at radius 2 is 0.630 bits per heavy atom. The van der Waals surface area contributed by atoms with E-state index in [1.165, 1.54) is 95.9 Å². The first-order valence-corrected chi connectivity index (χ1v) is 20.1. The first kappa shape index (κ1) is 40.7. The lowest BCUT2D eigenvalue weighted by Crippen LogP contribution is -2.16. The number of unbranched alkanes of at least 4 members (excludes halogenated alkanes) is 6. The van der Waals surface area contributed by atoms with Gasteiger partial charge in [0.25, 0.3) is 0 Å². The Morgan fingerprint density at radius 1 is 0.333 bits per heavy atom. The molecule has 0 aromatic heterocycles. The molecular weight excluding hydrogens is 665 g/mol. The SMILES string of the molecule is COc1ccccc1CNCCCCCCNCc1ccc(-c2ccc(-c3ccc(CNCCCCCCNCc4ccccc4OC)cc3)cc2)cc1. The number of methoxy groups -OCH3 is 2. The highest BCUT2D eigenvalue weighted by atomic mass is 16.5. The molecule has 0 atom stereocenters. The van der Waals surface area contributed by atoms with Crippen LogP contribution in [0.5, 0.6) is 11.5 Å². The highest BCUT2D eigenvalue weighted by molar-refractivity contribution is 5.70. The maximum absolute atomic E-state index is 5.44. The Labute approximate surface area is 325 Å². The lowest BCUT2D eigenvalue weighted by atomic mass is 9.99. The van der Waals surface area contributed by atoms with E-state index in [2.05, 4.69) is 118 Å². The third kappa shape index (κ3) is 14.1. The second kappa shape index (κ2) is 24.0. The van der Waals surface area contributed by atoms with Gasteiger partial charge < -0.3 is 30.7 Å². The molecule has 5 aromatic carbocycles. The predicted octanol–water partition coefficient (Wildman–Crippen LogP) is 9.92. The third-order valence-corrected chi connectivity index (χ3v) is 10.0. The van der Waals surface area contributed by atoms with Crippen LogP contribution in [-0.2, 0) is 26.2 Å². The van der Waals surface area contributed by atoms with E-state index in [1.807, 2.05) is 24.3 Å². The van der Waals surface area contributed by atoms with E-state index in [4.69, 9.17) is 9.47 Å². The quantitative estimate of drug-likeness (QED) is 0.0426. The summed E-state index contributed by atoms with van der Waals surface area (Å²) in [6.07, 6.45) is 9.85. The molecule has 0 unspecified atom stereocenters. The highest BCUT2D eigenvalue weighted by Crippen LogP contribution is 2.26. The predicted molar refractivity (Wildman–Crippen MR) is 227 cm³/mol. The number of nitrogens with one attached hydrogen (secondary N) is 4. The summed E-state index contributed by atoms with van der Waals surface area (Å²) in [6, 6.07) is 43.4. The summed E-state index contributed by atoms with van der Waals surface area (Å²) in [5.41, 5.74) is 10.1. The van der Waals surface area contributed by atoms with Gasteiger partial charge in [-0.2, -0.15) is 0 Å². The van der Waals surface area contributed by atoms with E-state index in [-0.39, 0.29) is 0 Å². The molecular formula is C48H62N4O2. The average molecular weight is 727 g/mol. The van der Waals surface area contributed by atoms with Crippen molar-refractivity contribution in [3.05, 3.63) is 144 Å². The Balaban J connectivity index is 0.889. The molecule has 0 fully saturated rings. The Hall–Kier alpha value is -4.46. The number of benzene rings is 5. The number of hydrogen-bond acceptors (Lipinski definition) is 6. The van der Waals surface area contributed by atoms with Gasteiger partial charge in [-0.15, -0.1) is 0 Å². The zero-order valence-corrected chi connectivity index (χ0v) is 32.7. The summed E-state index contributed by atoms with van der Waals surface area (Å²) >= 11 is 0. The minimum Gasteiger partial charge on any atom is -0.496 e. The molecule has 0 bridgehead atoms. The van der Waals surface area contributed by atoms with E-state index in [0.29, 0.717) is 0 Å². The first-order chi connectivity index (χ1) is 26.7. The van der Waals surface area contributed by atoms with Gasteiger partial charge in [0.15, 0.2) is 0 Å². The lowest BCUT2D eigenvalue weighted by molar-refractivity contribution is 0.407. The van der Waals surface area contributed by atoms with E-state index in [9.17, 15) is 0 Å². The van der Waals surface area contributed by atoms with Gasteiger partial charge >= 0.3 is 0 Å². The molecule has 6 nitrogen and oxygen atoms in total. The van der Waals surface area contributed by atoms with Crippen LogP contribution in [0.3, 0.4) is 0 Å². The Morgan fingerprint density at radius 3 is 0.963 bits per heavy atom. The molecule has 0 aliphatic rings. The summed E-state index contributed by atoms with van der Waals surface area (Å²) in [5.74, 6) is 1.92. The van der Waals surface area contributed by atoms with Crippen LogP contribution < -0.4 is 30.7 Å². The molecule has 0 radical (unpaired) electrons. The van der Waals surface area contributed by atoms with Crippen molar-refractivity contribution in [1.82, 2.24) is 21.3 Å². The molecule has 54 heavy (non-hydrogen) atoms. The van der Waals surface area contributed by atoms with E-state index >= 15 is 0 Å². The van der Waals surface area contributed by atoms with E-state index in [0.717, 1.165) is 63.9 Å². The fraction of sp³-hybridized carbons (Fsp3) is 0.375. The van der Waals surface area contributed by atoms with Crippen LogP contribution in [0.4, 0.5) is 0 Å². The van der Waals surface area contributed by atoms with Crippen LogP contribution in [0.15, 0.2) is 121 Å². The van der Waals surface area contributed by atoms with Crippen molar-refractivity contribution in [3.63, 3.8) is 0 Å². The number of rotatable bonds is 26. The van der Waals surface area contributed by atoms with Crippen LogP contribution in [0, 0.1) is 0 Å². The van der Waals surface area contributed by atoms with Gasteiger partial charge in [-0.05, 0) is 97.4 Å². The summed E-state index contributed by atoms with van der Waals surface area (Å²) < 4.78 is 10.9. The highest BCUT2D eigenvalue weighted by Gasteiger charge is 2.04. The fourth-order valence-corrected chi connectivity index (χ4v) is 6.80. The lowest BCUT2D eigenvalue weighted by Gasteiger charge is -2.10. The second-order valence-corrected chi connectivity index (χ2v) is 14.1. The van der Waals surface area contributed by atoms with Crippen molar-refractivity contribution in [3.8, 4) is 33.8 Å². The van der Waals surface area contributed by atoms with Gasteiger partial charge in [0, 0.05) is 37.3 Å². The summed E-state index contributed by atoms with van der Waals surface area (Å²) in [7, 11) is 3.47. The molecule has 0 aliphatic carbocycles. The Bertz CT molecular complexity index is 1610. The van der Waals surface area contributed by atoms with Gasteiger partial charge in [-0.1, -0.05) is 135 Å². The zero-order chi connectivity index (χ0) is 37.5. The molecule has 5 aromatic rings. The summed E-state index contributed by atoms with van der Waals surface area (Å²) in [4.78, 5) is 0. The van der Waals surface area contributed by atoms with Gasteiger partial charge in [0.2, 0.25) is 0 Å². The second-order valence-electron chi connectivity index (χ2n) is 14.1. The maximum Gasteiger partial charge on any atom is 0.123 e. The van der Waals surface area contributed by atoms with Crippen LogP contribution in [0.2, 0.25) is 0 Å². The maximum atomic E-state index is 5.44. The van der Waals surface area contributed by atoms with Crippen molar-refractivity contribution < 1.29 is 9.47 Å². The molecule has 0 saturated carbocycles. The summed E-state index contributed by atoms with van der Waals surface area (Å²) in [5, 5.41) is 14.3. The van der Waals surface area contributed by atoms with Crippen molar-refractivity contribution in [1.29, 1.82) is 0 Å². The largest absolute Gasteiger partial charge is 0.496 e. The molecule has 0 spiro atoms. The number of para-hydroxylation sites is 2. The van der Waals surface area contributed by atoms with Crippen molar-refractivity contribution in [2.75, 3.05) is 40.4 Å². The van der Waals surface area contributed by atoms with E-state index < -0.39 is 0 Å². The van der Waals surface area contributed by atoms with Crippen LogP contribution in [0.1, 0.15) is 73.6 Å². The smallest absolute Gasteiger partial charge is 0.123 e. The fourth-order valence-electron chi connectivity index (χ4n) is 6.80. The zero-order valence-electron chi connectivity index (χ0n) is 32.7. The van der Waals surface area contributed by atoms with Crippen molar-refractivity contribution in [2.24, 2.45) is 0 Å². The van der Waals surface area contributed by atoms with Crippen molar-refractivity contribution in [2.45, 2.75) is 77.5 Å². The van der Waals surface area contributed by atoms with Crippen LogP contribution in [-0.4, -0.2) is 40.4 Å². The molecule has 286 valence electrons. The molecule has 0 aliphatic heterocycles. The normalized spacial score (nSPS) is 11.1. The average Bonchev–Trinajstić information content (AvgIpc) is 3.23. The van der Waals surface area contributed by atoms with E-state index in [1.54, 1.807) is 14.2 Å². The van der Waals surface area contributed by atoms with Gasteiger partial charge in [0.1, 0.15) is 11.5 Å².